The van der Waals surface area contributed by atoms with Crippen LogP contribution in [0, 0.1) is 0 Å². The zero-order valence-electron chi connectivity index (χ0n) is 5.99. The number of hydrogen-bond donors (Lipinski definition) is 0. The highest BCUT2D eigenvalue weighted by atomic mass is 28.2. The van der Waals surface area contributed by atoms with E-state index in [9.17, 15) is 0 Å². The maximum Gasteiger partial charge on any atom is 0.177 e. The summed E-state index contributed by atoms with van der Waals surface area (Å²) in [5.74, 6) is 0. The van der Waals surface area contributed by atoms with Gasteiger partial charge in [0, 0.05) is 0 Å². The molecule has 0 spiro atoms. The minimum absolute atomic E-state index is 0.483. The highest BCUT2D eigenvalue weighted by molar-refractivity contribution is 6.64. The summed E-state index contributed by atoms with van der Waals surface area (Å²) in [6, 6.07) is 7.81. The predicted molar refractivity (Wildman–Crippen MR) is 45.2 cm³/mol. The molecule has 11 heavy (non-hydrogen) atoms. The van der Waals surface area contributed by atoms with E-state index in [1.54, 1.807) is 12.5 Å². The van der Waals surface area contributed by atoms with Gasteiger partial charge in [-0.15, -0.1) is 0 Å². The Balaban J connectivity index is 2.14. The molecule has 0 unspecified atom stereocenters. The van der Waals surface area contributed by atoms with Gasteiger partial charge in [-0.3, -0.25) is 0 Å². The second-order valence-electron chi connectivity index (χ2n) is 2.34. The standard InChI is InChI=1S/C8H8O2Si/c1-3-7(9-5-1)11-8-4-2-6-10-8/h1-6H,11H2. The molecule has 0 aliphatic carbocycles. The molecule has 3 heteroatoms. The third kappa shape index (κ3) is 1.43. The molecular formula is C8H8O2Si. The van der Waals surface area contributed by atoms with Crippen molar-refractivity contribution in [2.75, 3.05) is 0 Å². The molecule has 0 fully saturated rings. The van der Waals surface area contributed by atoms with E-state index < -0.39 is 9.52 Å². The lowest BCUT2D eigenvalue weighted by atomic mass is 10.7. The van der Waals surface area contributed by atoms with Gasteiger partial charge in [0.15, 0.2) is 9.52 Å². The van der Waals surface area contributed by atoms with E-state index >= 15 is 0 Å². The molecular weight excluding hydrogens is 156 g/mol. The average Bonchev–Trinajstić information content (AvgIpc) is 2.60. The van der Waals surface area contributed by atoms with Gasteiger partial charge in [0.1, 0.15) is 0 Å². The lowest BCUT2D eigenvalue weighted by Crippen LogP contribution is -2.23. The van der Waals surface area contributed by atoms with Crippen LogP contribution in [0.5, 0.6) is 0 Å². The molecule has 0 saturated heterocycles. The van der Waals surface area contributed by atoms with Crippen LogP contribution in [0.1, 0.15) is 0 Å². The van der Waals surface area contributed by atoms with Crippen LogP contribution in [-0.2, 0) is 0 Å². The Labute approximate surface area is 66.7 Å². The van der Waals surface area contributed by atoms with E-state index in [-0.39, 0.29) is 0 Å². The van der Waals surface area contributed by atoms with Crippen LogP contribution in [0.4, 0.5) is 0 Å². The monoisotopic (exact) mass is 164 g/mol. The number of furan rings is 2. The fourth-order valence-corrected chi connectivity index (χ4v) is 2.21. The molecule has 0 N–H and O–H groups in total. The first-order valence-electron chi connectivity index (χ1n) is 3.50. The van der Waals surface area contributed by atoms with Gasteiger partial charge in [-0.05, 0) is 24.3 Å². The minimum atomic E-state index is -0.483. The molecule has 2 heterocycles. The van der Waals surface area contributed by atoms with Crippen LogP contribution in [0.15, 0.2) is 45.6 Å². The van der Waals surface area contributed by atoms with E-state index in [1.807, 2.05) is 24.3 Å². The molecule has 0 aliphatic rings. The summed E-state index contributed by atoms with van der Waals surface area (Å²) in [6.45, 7) is 0. The Hall–Kier alpha value is -1.22. The summed E-state index contributed by atoms with van der Waals surface area (Å²) in [7, 11) is -0.483. The van der Waals surface area contributed by atoms with E-state index in [2.05, 4.69) is 0 Å². The SMILES string of the molecule is c1coc([SiH2]c2ccco2)c1. The third-order valence-electron chi connectivity index (χ3n) is 1.51. The highest BCUT2D eigenvalue weighted by Gasteiger charge is 2.00. The zero-order chi connectivity index (χ0) is 7.52. The number of hydrogen-bond acceptors (Lipinski definition) is 2. The van der Waals surface area contributed by atoms with Crippen LogP contribution in [0.3, 0.4) is 0 Å². The fraction of sp³-hybridized carbons (Fsp3) is 0. The molecule has 0 aromatic carbocycles. The lowest BCUT2D eigenvalue weighted by Gasteiger charge is -1.88. The summed E-state index contributed by atoms with van der Waals surface area (Å²) < 4.78 is 10.4. The van der Waals surface area contributed by atoms with Crippen molar-refractivity contribution in [1.82, 2.24) is 0 Å². The maximum absolute atomic E-state index is 5.21. The van der Waals surface area contributed by atoms with Gasteiger partial charge >= 0.3 is 0 Å². The average molecular weight is 164 g/mol. The molecule has 0 aliphatic heterocycles. The topological polar surface area (TPSA) is 26.3 Å². The highest BCUT2D eigenvalue weighted by Crippen LogP contribution is 1.84. The summed E-state index contributed by atoms with van der Waals surface area (Å²) >= 11 is 0. The summed E-state index contributed by atoms with van der Waals surface area (Å²) in [5.41, 5.74) is 0. The molecule has 2 aromatic rings. The molecule has 0 saturated carbocycles. The van der Waals surface area contributed by atoms with Gasteiger partial charge in [0.2, 0.25) is 0 Å². The van der Waals surface area contributed by atoms with Crippen LogP contribution in [0.25, 0.3) is 0 Å². The van der Waals surface area contributed by atoms with Gasteiger partial charge in [0.05, 0.1) is 23.3 Å². The lowest BCUT2D eigenvalue weighted by molar-refractivity contribution is 0.590. The maximum atomic E-state index is 5.21. The molecule has 2 aromatic heterocycles. The van der Waals surface area contributed by atoms with E-state index in [0.29, 0.717) is 0 Å². The van der Waals surface area contributed by atoms with Crippen molar-refractivity contribution in [3.8, 4) is 0 Å². The van der Waals surface area contributed by atoms with E-state index in [0.717, 1.165) is 10.8 Å². The van der Waals surface area contributed by atoms with Crippen LogP contribution >= 0.6 is 0 Å². The Morgan fingerprint density at radius 1 is 0.909 bits per heavy atom. The van der Waals surface area contributed by atoms with Crippen molar-refractivity contribution < 1.29 is 8.83 Å². The van der Waals surface area contributed by atoms with Gasteiger partial charge in [-0.1, -0.05) is 0 Å². The van der Waals surface area contributed by atoms with Crippen molar-refractivity contribution in [3.63, 3.8) is 0 Å². The van der Waals surface area contributed by atoms with Gasteiger partial charge in [-0.2, -0.15) is 0 Å². The molecule has 0 radical (unpaired) electrons. The third-order valence-corrected chi connectivity index (χ3v) is 3.01. The summed E-state index contributed by atoms with van der Waals surface area (Å²) in [4.78, 5) is 0. The predicted octanol–water partition coefficient (Wildman–Crippen LogP) is -0.00780. The molecule has 2 rings (SSSR count). The zero-order valence-corrected chi connectivity index (χ0v) is 7.40. The van der Waals surface area contributed by atoms with Crippen molar-refractivity contribution in [2.45, 2.75) is 0 Å². The van der Waals surface area contributed by atoms with Crippen molar-refractivity contribution in [3.05, 3.63) is 36.8 Å². The number of rotatable bonds is 2. The van der Waals surface area contributed by atoms with Crippen molar-refractivity contribution >= 4 is 20.3 Å². The molecule has 0 atom stereocenters. The van der Waals surface area contributed by atoms with Crippen molar-refractivity contribution in [2.24, 2.45) is 0 Å². The molecule has 56 valence electrons. The fourth-order valence-electron chi connectivity index (χ4n) is 0.998. The van der Waals surface area contributed by atoms with Crippen molar-refractivity contribution in [1.29, 1.82) is 0 Å². The van der Waals surface area contributed by atoms with Gasteiger partial charge < -0.3 is 8.83 Å². The Morgan fingerprint density at radius 2 is 1.45 bits per heavy atom. The van der Waals surface area contributed by atoms with Crippen LogP contribution < -0.4 is 10.8 Å². The first-order valence-corrected chi connectivity index (χ1v) is 4.91. The summed E-state index contributed by atoms with van der Waals surface area (Å²) in [5, 5.41) is 2.14. The Kier molecular flexibility index (Phi) is 1.65. The minimum Gasteiger partial charge on any atom is -0.475 e. The quantitative estimate of drug-likeness (QED) is 0.584. The first kappa shape index (κ1) is 6.48. The Bertz CT molecular complexity index is 264. The second kappa shape index (κ2) is 2.80. The first-order chi connectivity index (χ1) is 5.45. The normalized spacial score (nSPS) is 10.2. The summed E-state index contributed by atoms with van der Waals surface area (Å²) in [6.07, 6.45) is 3.40. The van der Waals surface area contributed by atoms with Gasteiger partial charge in [0.25, 0.3) is 0 Å². The molecule has 2 nitrogen and oxygen atoms in total. The van der Waals surface area contributed by atoms with Gasteiger partial charge in [-0.25, -0.2) is 0 Å². The smallest absolute Gasteiger partial charge is 0.177 e. The molecule has 0 amide bonds. The largest absolute Gasteiger partial charge is 0.475 e. The van der Waals surface area contributed by atoms with E-state index in [4.69, 9.17) is 8.83 Å². The van der Waals surface area contributed by atoms with Crippen LogP contribution in [0.2, 0.25) is 0 Å². The molecule has 0 bridgehead atoms. The second-order valence-corrected chi connectivity index (χ2v) is 4.08. The Morgan fingerprint density at radius 3 is 1.82 bits per heavy atom. The van der Waals surface area contributed by atoms with E-state index in [1.165, 1.54) is 0 Å². The van der Waals surface area contributed by atoms with Crippen LogP contribution in [-0.4, -0.2) is 9.52 Å².